The van der Waals surface area contributed by atoms with Crippen LogP contribution < -0.4 is 5.32 Å². The van der Waals surface area contributed by atoms with E-state index in [9.17, 15) is 18.0 Å². The summed E-state index contributed by atoms with van der Waals surface area (Å²) in [6.45, 7) is 3.87. The molecule has 3 aromatic rings. The molecule has 2 aromatic carbocycles. The van der Waals surface area contributed by atoms with Gasteiger partial charge in [0.25, 0.3) is 5.91 Å². The number of carbonyl (C=O) groups is 1. The van der Waals surface area contributed by atoms with Crippen molar-refractivity contribution in [2.24, 2.45) is 0 Å². The number of aryl methyl sites for hydroxylation is 2. The molecule has 3 rings (SSSR count). The molecule has 0 saturated carbocycles. The molecule has 178 valence electrons. The van der Waals surface area contributed by atoms with E-state index < -0.39 is 12.1 Å². The number of hydrogen-bond donors (Lipinski definition) is 1. The molecule has 0 aliphatic rings. The summed E-state index contributed by atoms with van der Waals surface area (Å²) in [7, 11) is 0. The van der Waals surface area contributed by atoms with Gasteiger partial charge in [-0.15, -0.1) is 0 Å². The van der Waals surface area contributed by atoms with Crippen molar-refractivity contribution < 1.29 is 18.0 Å². The van der Waals surface area contributed by atoms with Gasteiger partial charge < -0.3 is 5.32 Å². The molecule has 1 aromatic heterocycles. The van der Waals surface area contributed by atoms with Gasteiger partial charge in [-0.05, 0) is 59.4 Å². The van der Waals surface area contributed by atoms with Gasteiger partial charge in [-0.3, -0.25) is 9.78 Å². The maximum atomic E-state index is 13.8. The van der Waals surface area contributed by atoms with Crippen molar-refractivity contribution >= 4 is 35.2 Å². The number of nitrogens with zero attached hydrogens (tertiary/aromatic N) is 1. The number of halogens is 5. The van der Waals surface area contributed by atoms with Gasteiger partial charge in [0.15, 0.2) is 0 Å². The van der Waals surface area contributed by atoms with Crippen molar-refractivity contribution in [3.63, 3.8) is 0 Å². The second-order valence-electron chi connectivity index (χ2n) is 7.82. The Bertz CT molecular complexity index is 1170. The van der Waals surface area contributed by atoms with Crippen LogP contribution in [0.15, 0.2) is 60.9 Å². The fourth-order valence-corrected chi connectivity index (χ4v) is 3.96. The van der Waals surface area contributed by atoms with Crippen LogP contribution in [0.25, 0.3) is 6.08 Å². The highest BCUT2D eigenvalue weighted by Gasteiger charge is 2.39. The first kappa shape index (κ1) is 25.8. The van der Waals surface area contributed by atoms with Crippen LogP contribution in [-0.2, 0) is 13.0 Å². The third kappa shape index (κ3) is 6.39. The molecule has 0 saturated heterocycles. The Morgan fingerprint density at radius 1 is 1.15 bits per heavy atom. The van der Waals surface area contributed by atoms with E-state index in [1.54, 1.807) is 31.3 Å². The van der Waals surface area contributed by atoms with Crippen molar-refractivity contribution in [3.8, 4) is 0 Å². The van der Waals surface area contributed by atoms with E-state index in [1.165, 1.54) is 24.4 Å². The molecule has 1 unspecified atom stereocenters. The number of alkyl halides is 3. The minimum Gasteiger partial charge on any atom is -0.348 e. The smallest absolute Gasteiger partial charge is 0.348 e. The highest BCUT2D eigenvalue weighted by molar-refractivity contribution is 6.42. The summed E-state index contributed by atoms with van der Waals surface area (Å²) < 4.78 is 41.5. The SMILES string of the molecule is CCc1cc(/C=C/C(c2cc(C)c(Cl)c(Cl)c2)C(F)(F)F)ccc1CNC(=O)c1cccnc1. The Morgan fingerprint density at radius 2 is 1.91 bits per heavy atom. The summed E-state index contributed by atoms with van der Waals surface area (Å²) in [5.41, 5.74) is 3.42. The number of benzene rings is 2. The number of aromatic nitrogens is 1. The monoisotopic (exact) mass is 506 g/mol. The van der Waals surface area contributed by atoms with Crippen LogP contribution in [0, 0.1) is 6.92 Å². The van der Waals surface area contributed by atoms with Crippen molar-refractivity contribution in [2.75, 3.05) is 0 Å². The largest absolute Gasteiger partial charge is 0.399 e. The third-order valence-corrected chi connectivity index (χ3v) is 6.30. The maximum Gasteiger partial charge on any atom is 0.399 e. The molecule has 0 aliphatic heterocycles. The molecule has 1 atom stereocenters. The molecule has 0 fully saturated rings. The van der Waals surface area contributed by atoms with Crippen LogP contribution in [0.3, 0.4) is 0 Å². The van der Waals surface area contributed by atoms with E-state index in [-0.39, 0.29) is 21.5 Å². The van der Waals surface area contributed by atoms with Gasteiger partial charge in [-0.25, -0.2) is 0 Å². The first-order valence-electron chi connectivity index (χ1n) is 10.6. The van der Waals surface area contributed by atoms with E-state index in [0.29, 0.717) is 29.7 Å². The van der Waals surface area contributed by atoms with E-state index in [2.05, 4.69) is 10.3 Å². The van der Waals surface area contributed by atoms with Crippen LogP contribution >= 0.6 is 23.2 Å². The van der Waals surface area contributed by atoms with Gasteiger partial charge in [0, 0.05) is 18.9 Å². The minimum absolute atomic E-state index is 0.0288. The Hall–Kier alpha value is -2.83. The molecule has 34 heavy (non-hydrogen) atoms. The number of carbonyl (C=O) groups excluding carboxylic acids is 1. The van der Waals surface area contributed by atoms with Crippen molar-refractivity contribution in [2.45, 2.75) is 38.9 Å². The van der Waals surface area contributed by atoms with Gasteiger partial charge in [-0.2, -0.15) is 13.2 Å². The summed E-state index contributed by atoms with van der Waals surface area (Å²) in [6.07, 6.45) is 1.81. The van der Waals surface area contributed by atoms with Crippen LogP contribution in [0.4, 0.5) is 13.2 Å². The van der Waals surface area contributed by atoms with E-state index in [4.69, 9.17) is 23.2 Å². The van der Waals surface area contributed by atoms with Gasteiger partial charge in [0.05, 0.1) is 21.5 Å². The second kappa shape index (κ2) is 11.1. The fraction of sp³-hybridized carbons (Fsp3) is 0.231. The number of hydrogen-bond acceptors (Lipinski definition) is 2. The standard InChI is InChI=1S/C26H23Cl2F3N2O/c1-3-18-12-17(6-8-19(18)15-33-25(34)20-5-4-10-32-14-20)7-9-22(26(29,30)31)21-11-16(2)24(28)23(27)13-21/h4-14,22H,3,15H2,1-2H3,(H,33,34)/b9-7+. The third-order valence-electron chi connectivity index (χ3n) is 5.40. The summed E-state index contributed by atoms with van der Waals surface area (Å²) in [4.78, 5) is 16.2. The lowest BCUT2D eigenvalue weighted by molar-refractivity contribution is -0.139. The van der Waals surface area contributed by atoms with Crippen LogP contribution in [0.5, 0.6) is 0 Å². The predicted molar refractivity (Wildman–Crippen MR) is 130 cm³/mol. The fourth-order valence-electron chi connectivity index (χ4n) is 3.57. The maximum absolute atomic E-state index is 13.8. The summed E-state index contributed by atoms with van der Waals surface area (Å²) >= 11 is 12.0. The normalized spacial score (nSPS) is 12.7. The lowest BCUT2D eigenvalue weighted by Crippen LogP contribution is -2.23. The zero-order chi connectivity index (χ0) is 24.9. The minimum atomic E-state index is -4.50. The van der Waals surface area contributed by atoms with Crippen LogP contribution in [-0.4, -0.2) is 17.1 Å². The average molecular weight is 507 g/mol. The van der Waals surface area contributed by atoms with Crippen molar-refractivity contribution in [3.05, 3.63) is 104 Å². The molecule has 0 spiro atoms. The lowest BCUT2D eigenvalue weighted by Gasteiger charge is -2.19. The van der Waals surface area contributed by atoms with E-state index in [0.717, 1.165) is 17.2 Å². The van der Waals surface area contributed by atoms with Gasteiger partial charge in [0.2, 0.25) is 0 Å². The number of allylic oxidation sites excluding steroid dienone is 1. The number of amides is 1. The second-order valence-corrected chi connectivity index (χ2v) is 8.60. The molecule has 0 aliphatic carbocycles. The molecule has 8 heteroatoms. The highest BCUT2D eigenvalue weighted by atomic mass is 35.5. The van der Waals surface area contributed by atoms with Crippen LogP contribution in [0.1, 0.15) is 51.0 Å². The lowest BCUT2D eigenvalue weighted by atomic mass is 9.94. The van der Waals surface area contributed by atoms with E-state index >= 15 is 0 Å². The number of nitrogens with one attached hydrogen (secondary N) is 1. The van der Waals surface area contributed by atoms with Gasteiger partial charge >= 0.3 is 6.18 Å². The molecular formula is C26H23Cl2F3N2O. The van der Waals surface area contributed by atoms with Crippen LogP contribution in [0.2, 0.25) is 10.0 Å². The number of pyridine rings is 1. The molecule has 0 radical (unpaired) electrons. The van der Waals surface area contributed by atoms with Crippen molar-refractivity contribution in [1.82, 2.24) is 10.3 Å². The average Bonchev–Trinajstić information content (AvgIpc) is 2.81. The number of rotatable bonds is 7. The van der Waals surface area contributed by atoms with E-state index in [1.807, 2.05) is 19.1 Å². The van der Waals surface area contributed by atoms with Crippen molar-refractivity contribution in [1.29, 1.82) is 0 Å². The molecular weight excluding hydrogens is 484 g/mol. The Kier molecular flexibility index (Phi) is 8.39. The summed E-state index contributed by atoms with van der Waals surface area (Å²) in [5.74, 6) is -2.08. The highest BCUT2D eigenvalue weighted by Crippen LogP contribution is 2.39. The first-order chi connectivity index (χ1) is 16.1. The zero-order valence-electron chi connectivity index (χ0n) is 18.6. The Labute approximate surface area is 206 Å². The molecule has 1 amide bonds. The first-order valence-corrected chi connectivity index (χ1v) is 11.4. The summed E-state index contributed by atoms with van der Waals surface area (Å²) in [6, 6.07) is 11.4. The Morgan fingerprint density at radius 3 is 2.53 bits per heavy atom. The van der Waals surface area contributed by atoms with Gasteiger partial charge in [-0.1, -0.05) is 66.5 Å². The molecule has 0 bridgehead atoms. The Balaban J connectivity index is 1.81. The topological polar surface area (TPSA) is 42.0 Å². The molecule has 1 N–H and O–H groups in total. The predicted octanol–water partition coefficient (Wildman–Crippen LogP) is 7.55. The summed E-state index contributed by atoms with van der Waals surface area (Å²) in [5, 5.41) is 3.18. The molecule has 1 heterocycles. The zero-order valence-corrected chi connectivity index (χ0v) is 20.1. The quantitative estimate of drug-likeness (QED) is 0.359. The molecule has 3 nitrogen and oxygen atoms in total. The van der Waals surface area contributed by atoms with Gasteiger partial charge in [0.1, 0.15) is 0 Å².